The zero-order chi connectivity index (χ0) is 17.8. The van der Waals surface area contributed by atoms with Gasteiger partial charge < -0.3 is 10.1 Å². The Hall–Kier alpha value is -2.58. The highest BCUT2D eigenvalue weighted by atomic mass is 16.6. The largest absolute Gasteiger partial charge is 0.376 e. The number of nitrogens with one attached hydrogen (secondary N) is 1. The predicted molar refractivity (Wildman–Crippen MR) is 96.5 cm³/mol. The first-order valence-electron chi connectivity index (χ1n) is 8.82. The second kappa shape index (κ2) is 7.76. The first-order valence-corrected chi connectivity index (χ1v) is 8.82. The van der Waals surface area contributed by atoms with Crippen molar-refractivity contribution in [1.29, 1.82) is 0 Å². The van der Waals surface area contributed by atoms with E-state index < -0.39 is 0 Å². The van der Waals surface area contributed by atoms with Gasteiger partial charge in [0.05, 0.1) is 6.10 Å². The molecule has 8 heteroatoms. The van der Waals surface area contributed by atoms with Gasteiger partial charge in [0.25, 0.3) is 0 Å². The van der Waals surface area contributed by atoms with Gasteiger partial charge in [-0.15, -0.1) is 0 Å². The Kier molecular flexibility index (Phi) is 5.03. The Labute approximate surface area is 151 Å². The summed E-state index contributed by atoms with van der Waals surface area (Å²) in [7, 11) is 2.06. The maximum Gasteiger partial charge on any atom is 0.222 e. The predicted octanol–water partition coefficient (Wildman–Crippen LogP) is 2.24. The number of rotatable bonds is 7. The van der Waals surface area contributed by atoms with Gasteiger partial charge in [-0.3, -0.25) is 4.90 Å². The van der Waals surface area contributed by atoms with Crippen LogP contribution in [0.15, 0.2) is 35.2 Å². The molecule has 1 fully saturated rings. The molecule has 1 aliphatic heterocycles. The Morgan fingerprint density at radius 3 is 2.73 bits per heavy atom. The highest BCUT2D eigenvalue weighted by molar-refractivity contribution is 5.73. The van der Waals surface area contributed by atoms with E-state index in [1.165, 1.54) is 0 Å². The topological polar surface area (TPSA) is 89.2 Å². The lowest BCUT2D eigenvalue weighted by atomic mass is 10.2. The van der Waals surface area contributed by atoms with Gasteiger partial charge in [-0.1, -0.05) is 6.07 Å². The van der Waals surface area contributed by atoms with Gasteiger partial charge in [0.15, 0.2) is 0 Å². The summed E-state index contributed by atoms with van der Waals surface area (Å²) < 4.78 is 10.3. The van der Waals surface area contributed by atoms with Gasteiger partial charge in [-0.2, -0.15) is 0 Å². The molecule has 0 aliphatic carbocycles. The molecule has 26 heavy (non-hydrogen) atoms. The van der Waals surface area contributed by atoms with Crippen molar-refractivity contribution < 1.29 is 9.37 Å². The van der Waals surface area contributed by atoms with Gasteiger partial charge >= 0.3 is 0 Å². The molecule has 1 atom stereocenters. The molecule has 8 nitrogen and oxygen atoms in total. The molecule has 0 saturated carbocycles. The normalized spacial score (nSPS) is 17.2. The van der Waals surface area contributed by atoms with Gasteiger partial charge in [0.1, 0.15) is 11.0 Å². The summed E-state index contributed by atoms with van der Waals surface area (Å²) in [6.45, 7) is 3.18. The third-order valence-corrected chi connectivity index (χ3v) is 4.44. The van der Waals surface area contributed by atoms with E-state index in [2.05, 4.69) is 37.5 Å². The van der Waals surface area contributed by atoms with Gasteiger partial charge in [-0.25, -0.2) is 14.6 Å². The molecule has 4 rings (SSSR count). The molecule has 3 aromatic rings. The van der Waals surface area contributed by atoms with Crippen molar-refractivity contribution in [2.24, 2.45) is 0 Å². The first kappa shape index (κ1) is 16.9. The van der Waals surface area contributed by atoms with Gasteiger partial charge in [0, 0.05) is 44.2 Å². The van der Waals surface area contributed by atoms with Crippen LogP contribution < -0.4 is 5.32 Å². The zero-order valence-electron chi connectivity index (χ0n) is 14.8. The van der Waals surface area contributed by atoms with E-state index in [-0.39, 0.29) is 6.10 Å². The standard InChI is InChI=1S/C18H22N6O2/c1-24(11-13-4-5-16-17(7-13)23-26-22-16)12-14-8-19-18(20-9-14)21-10-15-3-2-6-25-15/h4-5,7-9,15H,2-3,6,10-12H2,1H3,(H,19,20,21)/t15-/m0/s1. The number of fused-ring (bicyclic) bond motifs is 1. The molecule has 0 spiro atoms. The second-order valence-electron chi connectivity index (χ2n) is 6.69. The summed E-state index contributed by atoms with van der Waals surface area (Å²) in [6, 6.07) is 5.96. The molecule has 3 heterocycles. The highest BCUT2D eigenvalue weighted by Crippen LogP contribution is 2.15. The van der Waals surface area contributed by atoms with Crippen LogP contribution in [0.2, 0.25) is 0 Å². The van der Waals surface area contributed by atoms with E-state index in [4.69, 9.17) is 9.37 Å². The van der Waals surface area contributed by atoms with E-state index in [1.54, 1.807) is 0 Å². The Bertz CT molecular complexity index is 844. The molecule has 136 valence electrons. The number of ether oxygens (including phenoxy) is 1. The number of anilines is 1. The van der Waals surface area contributed by atoms with Crippen LogP contribution in [0.3, 0.4) is 0 Å². The molecule has 1 saturated heterocycles. The first-order chi connectivity index (χ1) is 12.8. The van der Waals surface area contributed by atoms with Crippen molar-refractivity contribution in [3.63, 3.8) is 0 Å². The van der Waals surface area contributed by atoms with Gasteiger partial charge in [0.2, 0.25) is 5.95 Å². The number of aromatic nitrogens is 4. The monoisotopic (exact) mass is 354 g/mol. The van der Waals surface area contributed by atoms with E-state index in [9.17, 15) is 0 Å². The summed E-state index contributed by atoms with van der Waals surface area (Å²) in [5, 5.41) is 10.9. The molecule has 0 amide bonds. The van der Waals surface area contributed by atoms with Crippen LogP contribution in [0.1, 0.15) is 24.0 Å². The number of hydrogen-bond donors (Lipinski definition) is 1. The molecule has 0 bridgehead atoms. The highest BCUT2D eigenvalue weighted by Gasteiger charge is 2.15. The number of benzene rings is 1. The minimum absolute atomic E-state index is 0.279. The number of hydrogen-bond acceptors (Lipinski definition) is 8. The third kappa shape index (κ3) is 4.14. The summed E-state index contributed by atoms with van der Waals surface area (Å²) >= 11 is 0. The maximum absolute atomic E-state index is 5.59. The third-order valence-electron chi connectivity index (χ3n) is 4.44. The van der Waals surface area contributed by atoms with Crippen LogP contribution >= 0.6 is 0 Å². The van der Waals surface area contributed by atoms with Crippen molar-refractivity contribution in [2.45, 2.75) is 32.0 Å². The lowest BCUT2D eigenvalue weighted by Crippen LogP contribution is -2.20. The van der Waals surface area contributed by atoms with Crippen molar-refractivity contribution in [3.05, 3.63) is 41.7 Å². The summed E-state index contributed by atoms with van der Waals surface area (Å²) in [6.07, 6.45) is 6.25. The summed E-state index contributed by atoms with van der Waals surface area (Å²) in [4.78, 5) is 11.0. The second-order valence-corrected chi connectivity index (χ2v) is 6.69. The summed E-state index contributed by atoms with van der Waals surface area (Å²) in [5.74, 6) is 0.649. The van der Waals surface area contributed by atoms with Crippen molar-refractivity contribution >= 4 is 17.0 Å². The van der Waals surface area contributed by atoms with E-state index in [0.29, 0.717) is 5.95 Å². The lowest BCUT2D eigenvalue weighted by molar-refractivity contribution is 0.120. The fraction of sp³-hybridized carbons (Fsp3) is 0.444. The SMILES string of the molecule is CN(Cc1cnc(NC[C@@H]2CCCO2)nc1)Cc1ccc2nonc2c1. The molecule has 1 aliphatic rings. The van der Waals surface area contributed by atoms with Crippen LogP contribution in [-0.4, -0.2) is 51.5 Å². The van der Waals surface area contributed by atoms with Crippen molar-refractivity contribution in [2.75, 3.05) is 25.5 Å². The molecule has 2 aromatic heterocycles. The molecular formula is C18H22N6O2. The Balaban J connectivity index is 1.29. The van der Waals surface area contributed by atoms with E-state index in [1.807, 2.05) is 30.6 Å². The molecular weight excluding hydrogens is 332 g/mol. The lowest BCUT2D eigenvalue weighted by Gasteiger charge is -2.16. The Morgan fingerprint density at radius 2 is 1.92 bits per heavy atom. The van der Waals surface area contributed by atoms with Crippen LogP contribution in [0, 0.1) is 0 Å². The van der Waals surface area contributed by atoms with Crippen LogP contribution in [0.4, 0.5) is 5.95 Å². The van der Waals surface area contributed by atoms with Gasteiger partial charge in [-0.05, 0) is 47.9 Å². The van der Waals surface area contributed by atoms with Crippen molar-refractivity contribution in [1.82, 2.24) is 25.2 Å². The smallest absolute Gasteiger partial charge is 0.222 e. The Morgan fingerprint density at radius 1 is 1.12 bits per heavy atom. The fourth-order valence-corrected chi connectivity index (χ4v) is 3.14. The van der Waals surface area contributed by atoms with E-state index >= 15 is 0 Å². The summed E-state index contributed by atoms with van der Waals surface area (Å²) in [5.41, 5.74) is 3.78. The molecule has 0 unspecified atom stereocenters. The molecule has 1 N–H and O–H groups in total. The average molecular weight is 354 g/mol. The minimum atomic E-state index is 0.279. The average Bonchev–Trinajstić information content (AvgIpc) is 3.32. The fourth-order valence-electron chi connectivity index (χ4n) is 3.14. The molecule has 0 radical (unpaired) electrons. The van der Waals surface area contributed by atoms with Crippen LogP contribution in [0.25, 0.3) is 11.0 Å². The molecule has 1 aromatic carbocycles. The van der Waals surface area contributed by atoms with Crippen molar-refractivity contribution in [3.8, 4) is 0 Å². The number of nitrogens with zero attached hydrogens (tertiary/aromatic N) is 5. The quantitative estimate of drug-likeness (QED) is 0.691. The zero-order valence-corrected chi connectivity index (χ0v) is 14.8. The van der Waals surface area contributed by atoms with Crippen LogP contribution in [-0.2, 0) is 17.8 Å². The van der Waals surface area contributed by atoms with Crippen LogP contribution in [0.5, 0.6) is 0 Å². The van der Waals surface area contributed by atoms with E-state index in [0.717, 1.165) is 61.2 Å². The maximum atomic E-state index is 5.59. The minimum Gasteiger partial charge on any atom is -0.376 e.